The van der Waals surface area contributed by atoms with Crippen LogP contribution in [0.4, 0.5) is 4.39 Å². The van der Waals surface area contributed by atoms with Gasteiger partial charge in [0.2, 0.25) is 11.8 Å². The van der Waals surface area contributed by atoms with Crippen LogP contribution in [-0.4, -0.2) is 28.8 Å². The minimum Gasteiger partial charge on any atom is -0.352 e. The average molecular weight is 484 g/mol. The summed E-state index contributed by atoms with van der Waals surface area (Å²) in [5.74, 6) is -1.16. The normalized spacial score (nSPS) is 12.9. The van der Waals surface area contributed by atoms with Gasteiger partial charge in [-0.2, -0.15) is 0 Å². The summed E-state index contributed by atoms with van der Waals surface area (Å²) in [5.41, 5.74) is 0.989. The Hall–Kier alpha value is -1.92. The van der Waals surface area contributed by atoms with Crippen LogP contribution in [0.5, 0.6) is 0 Å². The highest BCUT2D eigenvalue weighted by atomic mass is 79.9. The van der Waals surface area contributed by atoms with Gasteiger partial charge in [0.15, 0.2) is 0 Å². The summed E-state index contributed by atoms with van der Waals surface area (Å²) in [6.45, 7) is 5.78. The van der Waals surface area contributed by atoms with Crippen LogP contribution in [0, 0.1) is 5.82 Å². The van der Waals surface area contributed by atoms with Crippen LogP contribution >= 0.6 is 27.5 Å². The largest absolute Gasteiger partial charge is 0.352 e. The summed E-state index contributed by atoms with van der Waals surface area (Å²) >= 11 is 9.51. The highest BCUT2D eigenvalue weighted by molar-refractivity contribution is 9.10. The van der Waals surface area contributed by atoms with Gasteiger partial charge in [-0.1, -0.05) is 52.7 Å². The maximum atomic E-state index is 14.2. The lowest BCUT2D eigenvalue weighted by Gasteiger charge is -2.30. The molecule has 7 heteroatoms. The maximum absolute atomic E-state index is 14.2. The Morgan fingerprint density at radius 2 is 1.90 bits per heavy atom. The van der Waals surface area contributed by atoms with Crippen LogP contribution in [0.2, 0.25) is 5.02 Å². The Morgan fingerprint density at radius 3 is 2.52 bits per heavy atom. The molecule has 2 aromatic carbocycles. The summed E-state index contributed by atoms with van der Waals surface area (Å²) in [7, 11) is 0. The molecule has 0 unspecified atom stereocenters. The third-order valence-electron chi connectivity index (χ3n) is 4.80. The van der Waals surface area contributed by atoms with E-state index in [1.807, 2.05) is 38.1 Å². The number of nitrogens with one attached hydrogen (secondary N) is 1. The fourth-order valence-electron chi connectivity index (χ4n) is 2.83. The predicted molar refractivity (Wildman–Crippen MR) is 117 cm³/mol. The smallest absolute Gasteiger partial charge is 0.242 e. The SMILES string of the molecule is CC[C@H](C)NC(=O)[C@@H](C)N(Cc1cccc(Br)c1)C(=O)Cc1c(F)cccc1Cl. The molecule has 0 saturated carbocycles. The molecule has 0 aliphatic carbocycles. The van der Waals surface area contributed by atoms with Crippen LogP contribution in [0.3, 0.4) is 0 Å². The fraction of sp³-hybridized carbons (Fsp3) is 0.364. The molecule has 156 valence electrons. The topological polar surface area (TPSA) is 49.4 Å². The van der Waals surface area contributed by atoms with Crippen LogP contribution in [0.1, 0.15) is 38.3 Å². The summed E-state index contributed by atoms with van der Waals surface area (Å²) in [6.07, 6.45) is 0.559. The molecule has 4 nitrogen and oxygen atoms in total. The molecule has 0 bridgehead atoms. The Balaban J connectivity index is 2.29. The third kappa shape index (κ3) is 6.54. The first kappa shape index (κ1) is 23.4. The summed E-state index contributed by atoms with van der Waals surface area (Å²) in [5, 5.41) is 3.10. The van der Waals surface area contributed by atoms with Gasteiger partial charge in [0.05, 0.1) is 6.42 Å². The molecule has 0 aromatic heterocycles. The summed E-state index contributed by atoms with van der Waals surface area (Å²) in [6, 6.07) is 11.1. The van der Waals surface area contributed by atoms with Gasteiger partial charge >= 0.3 is 0 Å². The third-order valence-corrected chi connectivity index (χ3v) is 5.65. The van der Waals surface area contributed by atoms with Crippen molar-refractivity contribution in [3.8, 4) is 0 Å². The van der Waals surface area contributed by atoms with Crippen molar-refractivity contribution in [2.24, 2.45) is 0 Å². The van der Waals surface area contributed by atoms with E-state index in [2.05, 4.69) is 21.2 Å². The van der Waals surface area contributed by atoms with Crippen molar-refractivity contribution in [3.63, 3.8) is 0 Å². The minimum absolute atomic E-state index is 0.00576. The number of halogens is 3. The highest BCUT2D eigenvalue weighted by Gasteiger charge is 2.28. The number of amides is 2. The molecule has 0 aliphatic rings. The molecular weight excluding hydrogens is 459 g/mol. The van der Waals surface area contributed by atoms with E-state index in [1.54, 1.807) is 13.0 Å². The van der Waals surface area contributed by atoms with E-state index < -0.39 is 11.9 Å². The van der Waals surface area contributed by atoms with Gasteiger partial charge in [-0.05, 0) is 50.1 Å². The summed E-state index contributed by atoms with van der Waals surface area (Å²) in [4.78, 5) is 27.3. The van der Waals surface area contributed by atoms with Crippen molar-refractivity contribution in [2.45, 2.75) is 52.2 Å². The van der Waals surface area contributed by atoms with Gasteiger partial charge in [0, 0.05) is 27.6 Å². The van der Waals surface area contributed by atoms with Crippen LogP contribution in [0.25, 0.3) is 0 Å². The molecule has 0 spiro atoms. The van der Waals surface area contributed by atoms with E-state index in [1.165, 1.54) is 17.0 Å². The molecule has 2 aromatic rings. The second kappa shape index (κ2) is 10.7. The maximum Gasteiger partial charge on any atom is 0.242 e. The highest BCUT2D eigenvalue weighted by Crippen LogP contribution is 2.22. The standard InChI is InChI=1S/C22H25BrClFN2O2/c1-4-14(2)26-22(29)15(3)27(13-16-7-5-8-17(23)11-16)21(28)12-18-19(24)9-6-10-20(18)25/h5-11,14-15H,4,12-13H2,1-3H3,(H,26,29)/t14-,15+/m0/s1. The van der Waals surface area contributed by atoms with Crippen LogP contribution < -0.4 is 5.32 Å². The Kier molecular flexibility index (Phi) is 8.65. The zero-order valence-electron chi connectivity index (χ0n) is 16.7. The van der Waals surface area contributed by atoms with Gasteiger partial charge in [-0.15, -0.1) is 0 Å². The lowest BCUT2D eigenvalue weighted by molar-refractivity contribution is -0.140. The number of carbonyl (C=O) groups is 2. The first-order chi connectivity index (χ1) is 13.7. The van der Waals surface area contributed by atoms with E-state index in [-0.39, 0.29) is 41.4 Å². The zero-order chi connectivity index (χ0) is 21.6. The molecule has 29 heavy (non-hydrogen) atoms. The number of hydrogen-bond donors (Lipinski definition) is 1. The lowest BCUT2D eigenvalue weighted by Crippen LogP contribution is -2.50. The first-order valence-electron chi connectivity index (χ1n) is 9.50. The van der Waals surface area contributed by atoms with Crippen LogP contribution in [-0.2, 0) is 22.6 Å². The van der Waals surface area contributed by atoms with Crippen molar-refractivity contribution in [3.05, 3.63) is 68.9 Å². The van der Waals surface area contributed by atoms with Crippen LogP contribution in [0.15, 0.2) is 46.9 Å². The fourth-order valence-corrected chi connectivity index (χ4v) is 3.51. The molecule has 0 radical (unpaired) electrons. The van der Waals surface area contributed by atoms with Gasteiger partial charge in [0.25, 0.3) is 0 Å². The lowest BCUT2D eigenvalue weighted by atomic mass is 10.1. The average Bonchev–Trinajstić information content (AvgIpc) is 2.68. The molecule has 2 atom stereocenters. The van der Waals surface area contributed by atoms with E-state index in [0.717, 1.165) is 16.5 Å². The van der Waals surface area contributed by atoms with Crippen molar-refractivity contribution < 1.29 is 14.0 Å². The van der Waals surface area contributed by atoms with E-state index in [0.29, 0.717) is 0 Å². The van der Waals surface area contributed by atoms with Gasteiger partial charge in [-0.3, -0.25) is 9.59 Å². The molecule has 0 saturated heterocycles. The molecule has 0 aliphatic heterocycles. The second-order valence-electron chi connectivity index (χ2n) is 7.02. The summed E-state index contributed by atoms with van der Waals surface area (Å²) < 4.78 is 15.1. The Bertz CT molecular complexity index is 857. The number of hydrogen-bond acceptors (Lipinski definition) is 2. The second-order valence-corrected chi connectivity index (χ2v) is 8.35. The number of carbonyl (C=O) groups excluding carboxylic acids is 2. The number of nitrogens with zero attached hydrogens (tertiary/aromatic N) is 1. The Labute approximate surface area is 184 Å². The molecule has 2 rings (SSSR count). The van der Waals surface area contributed by atoms with E-state index in [4.69, 9.17) is 11.6 Å². The van der Waals surface area contributed by atoms with Gasteiger partial charge in [-0.25, -0.2) is 4.39 Å². The van der Waals surface area contributed by atoms with Crippen molar-refractivity contribution in [1.82, 2.24) is 10.2 Å². The van der Waals surface area contributed by atoms with E-state index >= 15 is 0 Å². The van der Waals surface area contributed by atoms with Crippen molar-refractivity contribution >= 4 is 39.3 Å². The Morgan fingerprint density at radius 1 is 1.21 bits per heavy atom. The van der Waals surface area contributed by atoms with Gasteiger partial charge in [0.1, 0.15) is 11.9 Å². The molecule has 0 fully saturated rings. The number of rotatable bonds is 8. The first-order valence-corrected chi connectivity index (χ1v) is 10.7. The zero-order valence-corrected chi connectivity index (χ0v) is 19.1. The molecular formula is C22H25BrClFN2O2. The van der Waals surface area contributed by atoms with E-state index in [9.17, 15) is 14.0 Å². The molecule has 0 heterocycles. The van der Waals surface area contributed by atoms with Gasteiger partial charge < -0.3 is 10.2 Å². The molecule has 2 amide bonds. The number of benzene rings is 2. The minimum atomic E-state index is -0.721. The quantitative estimate of drug-likeness (QED) is 0.567. The molecule has 1 N–H and O–H groups in total. The van der Waals surface area contributed by atoms with Crippen molar-refractivity contribution in [1.29, 1.82) is 0 Å². The predicted octanol–water partition coefficient (Wildman–Crippen LogP) is 5.12. The monoisotopic (exact) mass is 482 g/mol. The van der Waals surface area contributed by atoms with Crippen molar-refractivity contribution in [2.75, 3.05) is 0 Å².